The Balaban J connectivity index is 2.17. The fraction of sp³-hybridized carbons (Fsp3) is 0.125. The number of carbonyl (C=O) groups is 1. The summed E-state index contributed by atoms with van der Waals surface area (Å²) in [6.45, 7) is 2.24. The van der Waals surface area contributed by atoms with Crippen molar-refractivity contribution in [2.75, 3.05) is 11.9 Å². The van der Waals surface area contributed by atoms with Gasteiger partial charge in [-0.25, -0.2) is 0 Å². The van der Waals surface area contributed by atoms with E-state index in [2.05, 4.69) is 22.1 Å². The largest absolute Gasteiger partial charge is 0.321 e. The van der Waals surface area contributed by atoms with Gasteiger partial charge < -0.3 is 11.1 Å². The van der Waals surface area contributed by atoms with E-state index in [9.17, 15) is 4.79 Å². The van der Waals surface area contributed by atoms with Gasteiger partial charge in [0.05, 0.1) is 18.4 Å². The van der Waals surface area contributed by atoms with Crippen LogP contribution in [0, 0.1) is 18.8 Å². The topological polar surface area (TPSA) is 68.0 Å². The second-order valence-corrected chi connectivity index (χ2v) is 4.23. The minimum atomic E-state index is -0.167. The summed E-state index contributed by atoms with van der Waals surface area (Å²) in [5, 5.41) is 2.79. The van der Waals surface area contributed by atoms with Gasteiger partial charge in [0.15, 0.2) is 0 Å². The third-order valence-electron chi connectivity index (χ3n) is 2.73. The molecule has 20 heavy (non-hydrogen) atoms. The van der Waals surface area contributed by atoms with Gasteiger partial charge in [-0.1, -0.05) is 11.8 Å². The van der Waals surface area contributed by atoms with Gasteiger partial charge in [-0.3, -0.25) is 9.78 Å². The molecule has 0 atom stereocenters. The highest BCUT2D eigenvalue weighted by Crippen LogP contribution is 2.12. The second-order valence-electron chi connectivity index (χ2n) is 4.23. The molecule has 0 fully saturated rings. The predicted molar refractivity (Wildman–Crippen MR) is 79.3 cm³/mol. The van der Waals surface area contributed by atoms with E-state index in [0.717, 1.165) is 11.1 Å². The van der Waals surface area contributed by atoms with Crippen molar-refractivity contribution in [2.45, 2.75) is 6.92 Å². The molecule has 4 heteroatoms. The van der Waals surface area contributed by atoms with E-state index < -0.39 is 0 Å². The number of nitrogens with one attached hydrogen (secondary N) is 1. The normalized spacial score (nSPS) is 9.50. The van der Waals surface area contributed by atoms with Crippen LogP contribution < -0.4 is 11.1 Å². The van der Waals surface area contributed by atoms with Gasteiger partial charge in [-0.2, -0.15) is 0 Å². The van der Waals surface area contributed by atoms with Gasteiger partial charge in [0.25, 0.3) is 5.91 Å². The monoisotopic (exact) mass is 265 g/mol. The molecule has 100 valence electrons. The summed E-state index contributed by atoms with van der Waals surface area (Å²) in [6.07, 6.45) is 3.26. The maximum absolute atomic E-state index is 12.1. The molecule has 1 heterocycles. The van der Waals surface area contributed by atoms with E-state index in [1.54, 1.807) is 30.6 Å². The molecular weight excluding hydrogens is 250 g/mol. The molecule has 4 nitrogen and oxygen atoms in total. The van der Waals surface area contributed by atoms with Crippen LogP contribution in [0.5, 0.6) is 0 Å². The van der Waals surface area contributed by atoms with Crippen LogP contribution in [0.3, 0.4) is 0 Å². The Morgan fingerprint density at radius 1 is 1.40 bits per heavy atom. The number of aromatic nitrogens is 1. The highest BCUT2D eigenvalue weighted by molar-refractivity contribution is 6.04. The molecule has 0 aliphatic heterocycles. The summed E-state index contributed by atoms with van der Waals surface area (Å²) in [5.41, 5.74) is 8.43. The third-order valence-corrected chi connectivity index (χ3v) is 2.73. The molecule has 2 aromatic rings. The van der Waals surface area contributed by atoms with Gasteiger partial charge in [-0.15, -0.1) is 0 Å². The molecule has 1 amide bonds. The average Bonchev–Trinajstić information content (AvgIpc) is 2.47. The molecule has 0 bridgehead atoms. The number of benzene rings is 1. The van der Waals surface area contributed by atoms with E-state index in [4.69, 9.17) is 5.73 Å². The van der Waals surface area contributed by atoms with Crippen LogP contribution in [0.4, 0.5) is 5.69 Å². The predicted octanol–water partition coefficient (Wildman–Crippen LogP) is 1.95. The molecule has 0 unspecified atom stereocenters. The zero-order valence-corrected chi connectivity index (χ0v) is 11.2. The first kappa shape index (κ1) is 13.8. The lowest BCUT2D eigenvalue weighted by atomic mass is 10.0. The maximum atomic E-state index is 12.1. The molecule has 0 saturated carbocycles. The summed E-state index contributed by atoms with van der Waals surface area (Å²) in [5.74, 6) is 5.61. The Labute approximate surface area is 118 Å². The number of amides is 1. The van der Waals surface area contributed by atoms with Crippen molar-refractivity contribution >= 4 is 11.6 Å². The zero-order chi connectivity index (χ0) is 14.4. The minimum Gasteiger partial charge on any atom is -0.321 e. The van der Waals surface area contributed by atoms with Gasteiger partial charge in [0, 0.05) is 17.3 Å². The molecule has 1 aromatic carbocycles. The van der Waals surface area contributed by atoms with Crippen molar-refractivity contribution in [3.63, 3.8) is 0 Å². The number of pyridine rings is 1. The Morgan fingerprint density at radius 3 is 2.90 bits per heavy atom. The number of hydrogen-bond acceptors (Lipinski definition) is 3. The van der Waals surface area contributed by atoms with Crippen LogP contribution in [0.25, 0.3) is 0 Å². The van der Waals surface area contributed by atoms with E-state index in [0.29, 0.717) is 17.8 Å². The van der Waals surface area contributed by atoms with Crippen LogP contribution in [0.1, 0.15) is 21.5 Å². The maximum Gasteiger partial charge on any atom is 0.255 e. The molecule has 1 aromatic heterocycles. The molecule has 0 aliphatic carbocycles. The first-order valence-electron chi connectivity index (χ1n) is 6.21. The number of hydrogen-bond donors (Lipinski definition) is 2. The number of nitrogens with two attached hydrogens (primary N) is 1. The molecule has 0 saturated heterocycles. The summed E-state index contributed by atoms with van der Waals surface area (Å²) >= 11 is 0. The van der Waals surface area contributed by atoms with Crippen LogP contribution in [0.15, 0.2) is 42.7 Å². The zero-order valence-electron chi connectivity index (χ0n) is 11.2. The van der Waals surface area contributed by atoms with Crippen LogP contribution in [0.2, 0.25) is 0 Å². The summed E-state index contributed by atoms with van der Waals surface area (Å²) in [4.78, 5) is 16.0. The van der Waals surface area contributed by atoms with E-state index >= 15 is 0 Å². The number of aryl methyl sites for hydroxylation is 1. The lowest BCUT2D eigenvalue weighted by molar-refractivity contribution is 0.102. The first-order valence-corrected chi connectivity index (χ1v) is 6.21. The molecule has 0 spiro atoms. The lowest BCUT2D eigenvalue weighted by Crippen LogP contribution is -2.12. The Morgan fingerprint density at radius 2 is 2.25 bits per heavy atom. The van der Waals surface area contributed by atoms with Crippen LogP contribution in [-0.4, -0.2) is 17.4 Å². The highest BCUT2D eigenvalue weighted by atomic mass is 16.1. The van der Waals surface area contributed by atoms with Gasteiger partial charge in [0.1, 0.15) is 0 Å². The summed E-state index contributed by atoms with van der Waals surface area (Å²) in [7, 11) is 0. The van der Waals surface area contributed by atoms with Gasteiger partial charge >= 0.3 is 0 Å². The third kappa shape index (κ3) is 3.44. The van der Waals surface area contributed by atoms with Crippen molar-refractivity contribution in [1.82, 2.24) is 4.98 Å². The standard InChI is InChI=1S/C16H15N3O/c1-12-10-14(7-6-13(12)4-2-8-17)16(20)19-15-5-3-9-18-11-15/h3,5-7,9-11H,8,17H2,1H3,(H,19,20). The Kier molecular flexibility index (Phi) is 4.48. The van der Waals surface area contributed by atoms with Crippen molar-refractivity contribution in [2.24, 2.45) is 5.73 Å². The Bertz CT molecular complexity index is 669. The quantitative estimate of drug-likeness (QED) is 0.815. The van der Waals surface area contributed by atoms with Crippen molar-refractivity contribution in [1.29, 1.82) is 0 Å². The van der Waals surface area contributed by atoms with Gasteiger partial charge in [-0.05, 0) is 42.8 Å². The second kappa shape index (κ2) is 6.50. The van der Waals surface area contributed by atoms with E-state index in [1.807, 2.05) is 19.1 Å². The summed E-state index contributed by atoms with van der Waals surface area (Å²) < 4.78 is 0. The molecule has 3 N–H and O–H groups in total. The average molecular weight is 265 g/mol. The molecule has 2 rings (SSSR count). The molecule has 0 aliphatic rings. The smallest absolute Gasteiger partial charge is 0.255 e. The fourth-order valence-electron chi connectivity index (χ4n) is 1.73. The number of anilines is 1. The number of rotatable bonds is 2. The van der Waals surface area contributed by atoms with Crippen molar-refractivity contribution < 1.29 is 4.79 Å². The molecule has 0 radical (unpaired) electrons. The lowest BCUT2D eigenvalue weighted by Gasteiger charge is -2.06. The van der Waals surface area contributed by atoms with Crippen LogP contribution >= 0.6 is 0 Å². The minimum absolute atomic E-state index is 0.167. The first-order chi connectivity index (χ1) is 9.70. The van der Waals surface area contributed by atoms with E-state index in [-0.39, 0.29) is 5.91 Å². The molecular formula is C16H15N3O. The van der Waals surface area contributed by atoms with Crippen LogP contribution in [-0.2, 0) is 0 Å². The summed E-state index contributed by atoms with van der Waals surface area (Å²) in [6, 6.07) is 8.95. The van der Waals surface area contributed by atoms with Crippen molar-refractivity contribution in [3.05, 3.63) is 59.4 Å². The fourth-order valence-corrected chi connectivity index (χ4v) is 1.73. The Hall–Kier alpha value is -2.64. The van der Waals surface area contributed by atoms with E-state index in [1.165, 1.54) is 0 Å². The highest BCUT2D eigenvalue weighted by Gasteiger charge is 2.07. The van der Waals surface area contributed by atoms with Crippen molar-refractivity contribution in [3.8, 4) is 11.8 Å². The number of carbonyl (C=O) groups excluding carboxylic acids is 1. The SMILES string of the molecule is Cc1cc(C(=O)Nc2cccnc2)ccc1C#CCN. The van der Waals surface area contributed by atoms with Gasteiger partial charge in [0.2, 0.25) is 0 Å². The number of nitrogens with zero attached hydrogens (tertiary/aromatic N) is 1.